The molecular formula is C29H30Cl2N2O4. The molecule has 0 bridgehead atoms. The number of carbonyl (C=O) groups excluding carboxylic acids is 2. The Morgan fingerprint density at radius 3 is 2.14 bits per heavy atom. The first kappa shape index (κ1) is 27.1. The number of morpholine rings is 1. The average Bonchev–Trinajstić information content (AvgIpc) is 2.90. The fraction of sp³-hybridized carbons (Fsp3) is 0.345. The third-order valence-electron chi connectivity index (χ3n) is 6.46. The van der Waals surface area contributed by atoms with E-state index in [2.05, 4.69) is 4.98 Å². The van der Waals surface area contributed by atoms with Gasteiger partial charge >= 0.3 is 5.97 Å². The lowest BCUT2D eigenvalue weighted by Gasteiger charge is -2.47. The van der Waals surface area contributed by atoms with Gasteiger partial charge in [0.1, 0.15) is 18.2 Å². The third kappa shape index (κ3) is 6.32. The molecule has 6 nitrogen and oxygen atoms in total. The van der Waals surface area contributed by atoms with Crippen LogP contribution in [0.1, 0.15) is 55.5 Å². The fourth-order valence-corrected chi connectivity index (χ4v) is 5.02. The summed E-state index contributed by atoms with van der Waals surface area (Å²) in [5.41, 5.74) is 2.57. The average molecular weight is 541 g/mol. The van der Waals surface area contributed by atoms with Crippen LogP contribution in [-0.4, -0.2) is 40.5 Å². The minimum absolute atomic E-state index is 0.226. The van der Waals surface area contributed by atoms with E-state index in [-0.39, 0.29) is 12.5 Å². The maximum absolute atomic E-state index is 14.2. The van der Waals surface area contributed by atoms with E-state index in [4.69, 9.17) is 32.7 Å². The Labute approximate surface area is 227 Å². The number of halogens is 2. The molecule has 1 saturated heterocycles. The highest BCUT2D eigenvalue weighted by molar-refractivity contribution is 6.30. The maximum atomic E-state index is 14.2. The lowest BCUT2D eigenvalue weighted by atomic mass is 9.88. The molecule has 1 aromatic heterocycles. The molecule has 0 N–H and O–H groups in total. The van der Waals surface area contributed by atoms with Crippen LogP contribution in [0.3, 0.4) is 0 Å². The van der Waals surface area contributed by atoms with Gasteiger partial charge in [0.25, 0.3) is 5.91 Å². The van der Waals surface area contributed by atoms with Crippen molar-refractivity contribution in [1.82, 2.24) is 9.88 Å². The van der Waals surface area contributed by atoms with Crippen LogP contribution in [0.2, 0.25) is 10.0 Å². The summed E-state index contributed by atoms with van der Waals surface area (Å²) >= 11 is 12.4. The second-order valence-electron chi connectivity index (χ2n) is 8.95. The van der Waals surface area contributed by atoms with Gasteiger partial charge in [0.2, 0.25) is 0 Å². The largest absolute Gasteiger partial charge is 0.464 e. The van der Waals surface area contributed by atoms with Crippen LogP contribution >= 0.6 is 23.2 Å². The van der Waals surface area contributed by atoms with Gasteiger partial charge in [0.05, 0.1) is 12.6 Å². The second-order valence-corrected chi connectivity index (χ2v) is 9.83. The highest BCUT2D eigenvalue weighted by Gasteiger charge is 2.48. The number of benzene rings is 2. The van der Waals surface area contributed by atoms with E-state index in [9.17, 15) is 9.59 Å². The molecule has 4 atom stereocenters. The smallest absolute Gasteiger partial charge is 0.328 e. The highest BCUT2D eigenvalue weighted by atomic mass is 35.5. The third-order valence-corrected chi connectivity index (χ3v) is 6.97. The Balaban J connectivity index is 1.86. The van der Waals surface area contributed by atoms with Gasteiger partial charge in [-0.15, -0.1) is 0 Å². The molecule has 1 aliphatic heterocycles. The highest BCUT2D eigenvalue weighted by Crippen LogP contribution is 2.44. The molecule has 3 unspecified atom stereocenters. The van der Waals surface area contributed by atoms with Crippen LogP contribution in [0, 0.1) is 0 Å². The number of ether oxygens (including phenoxy) is 2. The molecule has 8 heteroatoms. The van der Waals surface area contributed by atoms with E-state index in [1.807, 2.05) is 43.3 Å². The summed E-state index contributed by atoms with van der Waals surface area (Å²) in [5.74, 6) is -0.676. The Morgan fingerprint density at radius 2 is 1.57 bits per heavy atom. The zero-order chi connectivity index (χ0) is 26.4. The quantitative estimate of drug-likeness (QED) is 0.295. The number of nitrogens with zero attached hydrogens (tertiary/aromatic N) is 2. The lowest BCUT2D eigenvalue weighted by molar-refractivity contribution is -0.186. The predicted octanol–water partition coefficient (Wildman–Crippen LogP) is 6.37. The Hall–Kier alpha value is -2.93. The van der Waals surface area contributed by atoms with Crippen molar-refractivity contribution in [2.24, 2.45) is 0 Å². The van der Waals surface area contributed by atoms with Crippen molar-refractivity contribution < 1.29 is 19.1 Å². The number of aromatic nitrogens is 1. The molecule has 1 aliphatic rings. The van der Waals surface area contributed by atoms with Gasteiger partial charge in [0.15, 0.2) is 0 Å². The molecular weight excluding hydrogens is 511 g/mol. The fourth-order valence-electron chi connectivity index (χ4n) is 4.77. The van der Waals surface area contributed by atoms with Crippen molar-refractivity contribution in [3.63, 3.8) is 0 Å². The first-order chi connectivity index (χ1) is 17.9. The number of carbonyl (C=O) groups is 2. The molecule has 1 amide bonds. The number of hydrogen-bond acceptors (Lipinski definition) is 5. The summed E-state index contributed by atoms with van der Waals surface area (Å²) in [5, 5.41) is 1.17. The van der Waals surface area contributed by atoms with Crippen molar-refractivity contribution in [2.45, 2.75) is 57.4 Å². The van der Waals surface area contributed by atoms with Gasteiger partial charge in [0, 0.05) is 28.9 Å². The molecule has 0 radical (unpaired) electrons. The molecule has 2 heterocycles. The van der Waals surface area contributed by atoms with E-state index >= 15 is 0 Å². The first-order valence-corrected chi connectivity index (χ1v) is 13.2. The van der Waals surface area contributed by atoms with Gasteiger partial charge in [-0.25, -0.2) is 4.79 Å². The molecule has 4 rings (SSSR count). The second kappa shape index (κ2) is 12.5. The zero-order valence-electron chi connectivity index (χ0n) is 20.8. The van der Waals surface area contributed by atoms with E-state index < -0.39 is 30.3 Å². The van der Waals surface area contributed by atoms with E-state index in [1.165, 1.54) is 0 Å². The topological polar surface area (TPSA) is 68.7 Å². The van der Waals surface area contributed by atoms with Crippen molar-refractivity contribution in [3.05, 3.63) is 99.8 Å². The minimum atomic E-state index is -0.805. The molecule has 0 aliphatic carbocycles. The standard InChI is InChI=1S/C29H30Cl2N2O4/c1-3-5-24(29(35)36-4-2)33-26(20-6-10-22(30)11-7-20)27(21-8-12-23(31)13-9-21)37-25(28(33)34)18-19-14-16-32-17-15-19/h6-17,24-27H,3-5,18H2,1-2H3/t24-,25?,26?,27?/m1/s1. The van der Waals surface area contributed by atoms with Crippen LogP contribution in [-0.2, 0) is 25.5 Å². The Morgan fingerprint density at radius 1 is 0.973 bits per heavy atom. The van der Waals surface area contributed by atoms with Crippen molar-refractivity contribution >= 4 is 35.1 Å². The van der Waals surface area contributed by atoms with Gasteiger partial charge in [-0.1, -0.05) is 60.8 Å². The number of pyridine rings is 1. The number of rotatable bonds is 9. The summed E-state index contributed by atoms with van der Waals surface area (Å²) in [6, 6.07) is 17.1. The summed E-state index contributed by atoms with van der Waals surface area (Å²) < 4.78 is 12.0. The Bertz CT molecular complexity index is 1190. The van der Waals surface area contributed by atoms with Crippen LogP contribution in [0.15, 0.2) is 73.1 Å². The summed E-state index contributed by atoms with van der Waals surface area (Å²) in [4.78, 5) is 33.2. The van der Waals surface area contributed by atoms with Gasteiger partial charge in [-0.3, -0.25) is 9.78 Å². The summed E-state index contributed by atoms with van der Waals surface area (Å²) in [6.45, 7) is 3.98. The van der Waals surface area contributed by atoms with Crippen LogP contribution in [0.25, 0.3) is 0 Å². The lowest BCUT2D eigenvalue weighted by Crippen LogP contribution is -2.57. The van der Waals surface area contributed by atoms with Crippen LogP contribution < -0.4 is 0 Å². The van der Waals surface area contributed by atoms with E-state index in [0.717, 1.165) is 16.7 Å². The normalized spacial score (nSPS) is 20.5. The molecule has 0 saturated carbocycles. The van der Waals surface area contributed by atoms with E-state index in [1.54, 1.807) is 48.5 Å². The monoisotopic (exact) mass is 540 g/mol. The summed E-state index contributed by atoms with van der Waals surface area (Å²) in [6.07, 6.45) is 3.51. The predicted molar refractivity (Wildman–Crippen MR) is 143 cm³/mol. The number of hydrogen-bond donors (Lipinski definition) is 0. The molecule has 0 spiro atoms. The van der Waals surface area contributed by atoms with Crippen molar-refractivity contribution in [3.8, 4) is 0 Å². The molecule has 3 aromatic rings. The molecule has 194 valence electrons. The minimum Gasteiger partial charge on any atom is -0.464 e. The van der Waals surface area contributed by atoms with Gasteiger partial charge in [-0.2, -0.15) is 0 Å². The Kier molecular flexibility index (Phi) is 9.19. The van der Waals surface area contributed by atoms with Crippen LogP contribution in [0.4, 0.5) is 0 Å². The van der Waals surface area contributed by atoms with Gasteiger partial charge < -0.3 is 14.4 Å². The van der Waals surface area contributed by atoms with E-state index in [0.29, 0.717) is 29.3 Å². The molecule has 2 aromatic carbocycles. The van der Waals surface area contributed by atoms with Crippen molar-refractivity contribution in [1.29, 1.82) is 0 Å². The maximum Gasteiger partial charge on any atom is 0.328 e. The molecule has 37 heavy (non-hydrogen) atoms. The zero-order valence-corrected chi connectivity index (χ0v) is 22.4. The SMILES string of the molecule is CCC[C@H](C(=O)OCC)N1C(=O)C(Cc2ccncc2)OC(c2ccc(Cl)cc2)C1c1ccc(Cl)cc1. The number of amides is 1. The summed E-state index contributed by atoms with van der Waals surface area (Å²) in [7, 11) is 0. The number of esters is 1. The first-order valence-electron chi connectivity index (χ1n) is 12.5. The van der Waals surface area contributed by atoms with Gasteiger partial charge in [-0.05, 0) is 66.4 Å². The molecule has 1 fully saturated rings. The van der Waals surface area contributed by atoms with Crippen molar-refractivity contribution in [2.75, 3.05) is 6.61 Å². The van der Waals surface area contributed by atoms with Crippen LogP contribution in [0.5, 0.6) is 0 Å².